The minimum absolute atomic E-state index is 0.708. The maximum absolute atomic E-state index is 5.90. The van der Waals surface area contributed by atoms with Crippen molar-refractivity contribution in [3.8, 4) is 11.5 Å². The Morgan fingerprint density at radius 3 is 2.79 bits per heavy atom. The van der Waals surface area contributed by atoms with Gasteiger partial charge in [0.15, 0.2) is 0 Å². The van der Waals surface area contributed by atoms with Gasteiger partial charge in [-0.25, -0.2) is 0 Å². The van der Waals surface area contributed by atoms with Crippen LogP contribution >= 0.6 is 0 Å². The summed E-state index contributed by atoms with van der Waals surface area (Å²) in [6.45, 7) is 3.87. The molecule has 0 saturated heterocycles. The maximum atomic E-state index is 5.90. The predicted octanol–water partition coefficient (Wildman–Crippen LogP) is 3.52. The molecule has 1 aromatic carbocycles. The summed E-state index contributed by atoms with van der Waals surface area (Å²) in [6.07, 6.45) is 6.18. The fourth-order valence-corrected chi connectivity index (χ4v) is 2.04. The SMILES string of the molecule is CCCCCOc1ccc(OC)cc1CNC1CC1. The molecule has 0 amide bonds. The van der Waals surface area contributed by atoms with Crippen LogP contribution in [0.2, 0.25) is 0 Å². The highest BCUT2D eigenvalue weighted by Gasteiger charge is 2.20. The molecule has 0 spiro atoms. The second-order valence-corrected chi connectivity index (χ2v) is 5.18. The monoisotopic (exact) mass is 263 g/mol. The molecule has 0 radical (unpaired) electrons. The number of methoxy groups -OCH3 is 1. The van der Waals surface area contributed by atoms with Gasteiger partial charge in [-0.15, -0.1) is 0 Å². The first kappa shape index (κ1) is 14.2. The number of unbranched alkanes of at least 4 members (excludes halogenated alkanes) is 2. The van der Waals surface area contributed by atoms with Crippen LogP contribution in [0.5, 0.6) is 11.5 Å². The van der Waals surface area contributed by atoms with Gasteiger partial charge in [0, 0.05) is 18.2 Å². The van der Waals surface area contributed by atoms with Crippen molar-refractivity contribution < 1.29 is 9.47 Å². The molecule has 1 saturated carbocycles. The van der Waals surface area contributed by atoms with Crippen molar-refractivity contribution in [3.63, 3.8) is 0 Å². The van der Waals surface area contributed by atoms with Crippen LogP contribution in [0.15, 0.2) is 18.2 Å². The molecule has 1 aliphatic rings. The molecular formula is C16H25NO2. The molecule has 2 rings (SSSR count). The number of rotatable bonds is 9. The summed E-state index contributed by atoms with van der Waals surface area (Å²) in [5.74, 6) is 1.89. The van der Waals surface area contributed by atoms with Gasteiger partial charge < -0.3 is 14.8 Å². The summed E-state index contributed by atoms with van der Waals surface area (Å²) in [5.41, 5.74) is 1.20. The minimum Gasteiger partial charge on any atom is -0.497 e. The van der Waals surface area contributed by atoms with Crippen molar-refractivity contribution in [2.24, 2.45) is 0 Å². The van der Waals surface area contributed by atoms with E-state index in [1.165, 1.54) is 31.2 Å². The van der Waals surface area contributed by atoms with E-state index in [1.807, 2.05) is 12.1 Å². The summed E-state index contributed by atoms with van der Waals surface area (Å²) in [5, 5.41) is 3.53. The molecule has 0 unspecified atom stereocenters. The molecule has 0 aliphatic heterocycles. The van der Waals surface area contributed by atoms with Crippen molar-refractivity contribution in [1.82, 2.24) is 5.32 Å². The molecule has 106 valence electrons. The molecule has 3 nitrogen and oxygen atoms in total. The average Bonchev–Trinajstić information content (AvgIpc) is 3.26. The number of ether oxygens (including phenoxy) is 2. The smallest absolute Gasteiger partial charge is 0.124 e. The lowest BCUT2D eigenvalue weighted by Gasteiger charge is -2.13. The molecule has 0 atom stereocenters. The average molecular weight is 263 g/mol. The van der Waals surface area contributed by atoms with E-state index in [1.54, 1.807) is 7.11 Å². The van der Waals surface area contributed by atoms with Crippen LogP contribution in [0.1, 0.15) is 44.6 Å². The lowest BCUT2D eigenvalue weighted by molar-refractivity contribution is 0.301. The molecule has 1 aliphatic carbocycles. The van der Waals surface area contributed by atoms with E-state index in [0.29, 0.717) is 6.04 Å². The summed E-state index contributed by atoms with van der Waals surface area (Å²) in [7, 11) is 1.70. The quantitative estimate of drug-likeness (QED) is 0.692. The first-order valence-corrected chi connectivity index (χ1v) is 7.36. The first-order valence-electron chi connectivity index (χ1n) is 7.36. The molecule has 3 heteroatoms. The van der Waals surface area contributed by atoms with Gasteiger partial charge in [-0.2, -0.15) is 0 Å². The van der Waals surface area contributed by atoms with Gasteiger partial charge in [0.05, 0.1) is 13.7 Å². The standard InChI is InChI=1S/C16H25NO2/c1-3-4-5-10-19-16-9-8-15(18-2)11-13(16)12-17-14-6-7-14/h8-9,11,14,17H,3-7,10,12H2,1-2H3. The molecule has 0 heterocycles. The van der Waals surface area contributed by atoms with Gasteiger partial charge in [-0.1, -0.05) is 19.8 Å². The molecular weight excluding hydrogens is 238 g/mol. The fourth-order valence-electron chi connectivity index (χ4n) is 2.04. The zero-order valence-corrected chi connectivity index (χ0v) is 12.1. The number of hydrogen-bond donors (Lipinski definition) is 1. The topological polar surface area (TPSA) is 30.5 Å². The van der Waals surface area contributed by atoms with E-state index in [9.17, 15) is 0 Å². The van der Waals surface area contributed by atoms with Gasteiger partial charge in [0.1, 0.15) is 11.5 Å². The van der Waals surface area contributed by atoms with Crippen LogP contribution in [-0.2, 0) is 6.54 Å². The first-order chi connectivity index (χ1) is 9.33. The molecule has 1 fully saturated rings. The molecule has 0 bridgehead atoms. The number of nitrogens with one attached hydrogen (secondary N) is 1. The third-order valence-corrected chi connectivity index (χ3v) is 3.43. The summed E-state index contributed by atoms with van der Waals surface area (Å²) in [4.78, 5) is 0. The van der Waals surface area contributed by atoms with E-state index in [4.69, 9.17) is 9.47 Å². The highest BCUT2D eigenvalue weighted by Crippen LogP contribution is 2.26. The number of hydrogen-bond acceptors (Lipinski definition) is 3. The van der Waals surface area contributed by atoms with Crippen molar-refractivity contribution in [1.29, 1.82) is 0 Å². The van der Waals surface area contributed by atoms with Crippen LogP contribution in [0, 0.1) is 0 Å². The van der Waals surface area contributed by atoms with Crippen molar-refractivity contribution >= 4 is 0 Å². The Balaban J connectivity index is 1.93. The summed E-state index contributed by atoms with van der Waals surface area (Å²) in [6, 6.07) is 6.77. The lowest BCUT2D eigenvalue weighted by Crippen LogP contribution is -2.16. The predicted molar refractivity (Wildman–Crippen MR) is 77.9 cm³/mol. The molecule has 1 aromatic rings. The number of benzene rings is 1. The van der Waals surface area contributed by atoms with Crippen LogP contribution < -0.4 is 14.8 Å². The highest BCUT2D eigenvalue weighted by atomic mass is 16.5. The van der Waals surface area contributed by atoms with Crippen LogP contribution in [-0.4, -0.2) is 19.8 Å². The Kier molecular flexibility index (Phi) is 5.52. The molecule has 19 heavy (non-hydrogen) atoms. The van der Waals surface area contributed by atoms with E-state index >= 15 is 0 Å². The molecule has 1 N–H and O–H groups in total. The highest BCUT2D eigenvalue weighted by molar-refractivity contribution is 5.40. The van der Waals surface area contributed by atoms with Crippen LogP contribution in [0.25, 0.3) is 0 Å². The minimum atomic E-state index is 0.708. The van der Waals surface area contributed by atoms with Gasteiger partial charge in [0.2, 0.25) is 0 Å². The Morgan fingerprint density at radius 2 is 2.11 bits per heavy atom. The van der Waals surface area contributed by atoms with E-state index in [2.05, 4.69) is 18.3 Å². The summed E-state index contributed by atoms with van der Waals surface area (Å²) >= 11 is 0. The van der Waals surface area contributed by atoms with Gasteiger partial charge >= 0.3 is 0 Å². The third kappa shape index (κ3) is 4.75. The van der Waals surface area contributed by atoms with Crippen LogP contribution in [0.4, 0.5) is 0 Å². The Morgan fingerprint density at radius 1 is 1.26 bits per heavy atom. The van der Waals surface area contributed by atoms with Gasteiger partial charge in [-0.05, 0) is 37.5 Å². The maximum Gasteiger partial charge on any atom is 0.124 e. The van der Waals surface area contributed by atoms with Gasteiger partial charge in [0.25, 0.3) is 0 Å². The van der Waals surface area contributed by atoms with E-state index in [-0.39, 0.29) is 0 Å². The van der Waals surface area contributed by atoms with Crippen LogP contribution in [0.3, 0.4) is 0 Å². The Hall–Kier alpha value is -1.22. The second kappa shape index (κ2) is 7.39. The second-order valence-electron chi connectivity index (χ2n) is 5.18. The lowest BCUT2D eigenvalue weighted by atomic mass is 10.2. The molecule has 0 aromatic heterocycles. The normalized spacial score (nSPS) is 14.4. The zero-order valence-electron chi connectivity index (χ0n) is 12.1. The zero-order chi connectivity index (χ0) is 13.5. The third-order valence-electron chi connectivity index (χ3n) is 3.43. The van der Waals surface area contributed by atoms with E-state index < -0.39 is 0 Å². The van der Waals surface area contributed by atoms with Gasteiger partial charge in [-0.3, -0.25) is 0 Å². The van der Waals surface area contributed by atoms with Crippen molar-refractivity contribution in [2.45, 2.75) is 51.6 Å². The Bertz CT molecular complexity index is 388. The Labute approximate surface area is 116 Å². The van der Waals surface area contributed by atoms with Crippen molar-refractivity contribution in [2.75, 3.05) is 13.7 Å². The summed E-state index contributed by atoms with van der Waals surface area (Å²) < 4.78 is 11.2. The van der Waals surface area contributed by atoms with E-state index in [0.717, 1.165) is 31.1 Å². The largest absolute Gasteiger partial charge is 0.497 e. The fraction of sp³-hybridized carbons (Fsp3) is 0.625. The van der Waals surface area contributed by atoms with Crippen molar-refractivity contribution in [3.05, 3.63) is 23.8 Å².